The van der Waals surface area contributed by atoms with Gasteiger partial charge in [-0.2, -0.15) is 0 Å². The maximum Gasteiger partial charge on any atom is 0.121 e. The monoisotopic (exact) mass is 273 g/mol. The van der Waals surface area contributed by atoms with Gasteiger partial charge in [0.15, 0.2) is 0 Å². The van der Waals surface area contributed by atoms with E-state index >= 15 is 0 Å². The molecule has 0 radical (unpaired) electrons. The van der Waals surface area contributed by atoms with Crippen molar-refractivity contribution in [2.24, 2.45) is 0 Å². The highest BCUT2D eigenvalue weighted by Crippen LogP contribution is 2.27. The number of hydrogen-bond acceptors (Lipinski definition) is 4. The lowest BCUT2D eigenvalue weighted by Crippen LogP contribution is -2.25. The molecule has 0 fully saturated rings. The molecule has 0 bridgehead atoms. The summed E-state index contributed by atoms with van der Waals surface area (Å²) < 4.78 is 5.34. The summed E-state index contributed by atoms with van der Waals surface area (Å²) in [5.74, 6) is 0.855. The summed E-state index contributed by atoms with van der Waals surface area (Å²) in [4.78, 5) is 4.45. The van der Waals surface area contributed by atoms with E-state index in [0.717, 1.165) is 41.9 Å². The molecule has 0 unspecified atom stereocenters. The summed E-state index contributed by atoms with van der Waals surface area (Å²) >= 11 is 0. The molecule has 0 spiro atoms. The van der Waals surface area contributed by atoms with Crippen LogP contribution in [0.3, 0.4) is 0 Å². The number of hydrogen-bond donors (Lipinski definition) is 2. The first kappa shape index (κ1) is 14.6. The number of rotatable bonds is 7. The third-order valence-corrected chi connectivity index (χ3v) is 3.14. The Morgan fingerprint density at radius 3 is 2.85 bits per heavy atom. The molecule has 108 valence electrons. The van der Waals surface area contributed by atoms with Gasteiger partial charge in [0.1, 0.15) is 5.75 Å². The molecular weight excluding hydrogens is 250 g/mol. The van der Waals surface area contributed by atoms with Gasteiger partial charge in [0, 0.05) is 30.2 Å². The molecule has 0 saturated heterocycles. The van der Waals surface area contributed by atoms with Crippen LogP contribution in [0.2, 0.25) is 0 Å². The quantitative estimate of drug-likeness (QED) is 0.761. The number of anilines is 1. The molecule has 4 nitrogen and oxygen atoms in total. The van der Waals surface area contributed by atoms with Crippen molar-refractivity contribution in [2.75, 3.05) is 25.5 Å². The van der Waals surface area contributed by atoms with E-state index in [9.17, 15) is 0 Å². The molecule has 1 aromatic carbocycles. The van der Waals surface area contributed by atoms with E-state index in [1.165, 1.54) is 0 Å². The molecule has 2 rings (SSSR count). The predicted octanol–water partition coefficient (Wildman–Crippen LogP) is 3.04. The summed E-state index contributed by atoms with van der Waals surface area (Å²) in [5, 5.41) is 7.96. The zero-order valence-electron chi connectivity index (χ0n) is 12.4. The Bertz CT molecular complexity index is 554. The van der Waals surface area contributed by atoms with Gasteiger partial charge in [-0.1, -0.05) is 19.9 Å². The van der Waals surface area contributed by atoms with Gasteiger partial charge in [-0.3, -0.25) is 4.98 Å². The van der Waals surface area contributed by atoms with Crippen LogP contribution < -0.4 is 15.4 Å². The Balaban J connectivity index is 2.04. The second-order valence-electron chi connectivity index (χ2n) is 5.14. The minimum Gasteiger partial charge on any atom is -0.497 e. The minimum absolute atomic E-state index is 0.536. The molecule has 0 saturated carbocycles. The third-order valence-electron chi connectivity index (χ3n) is 3.14. The van der Waals surface area contributed by atoms with E-state index in [1.54, 1.807) is 7.11 Å². The van der Waals surface area contributed by atoms with Crippen molar-refractivity contribution in [3.8, 4) is 5.75 Å². The van der Waals surface area contributed by atoms with Crippen LogP contribution in [0, 0.1) is 0 Å². The standard InChI is InChI=1S/C16H23N3O/c1-12(2)17-8-5-9-18-15-11-14(20-3)10-13-6-4-7-19-16(13)15/h4,6-7,10-12,17-18H,5,8-9H2,1-3H3. The molecule has 1 aromatic heterocycles. The fraction of sp³-hybridized carbons (Fsp3) is 0.438. The van der Waals surface area contributed by atoms with E-state index in [1.807, 2.05) is 24.4 Å². The summed E-state index contributed by atoms with van der Waals surface area (Å²) in [7, 11) is 1.69. The van der Waals surface area contributed by atoms with Crippen molar-refractivity contribution >= 4 is 16.6 Å². The fourth-order valence-electron chi connectivity index (χ4n) is 2.12. The van der Waals surface area contributed by atoms with Gasteiger partial charge in [-0.05, 0) is 25.1 Å². The normalized spacial score (nSPS) is 11.0. The highest BCUT2D eigenvalue weighted by Gasteiger charge is 2.05. The first-order chi connectivity index (χ1) is 9.70. The zero-order valence-corrected chi connectivity index (χ0v) is 12.4. The van der Waals surface area contributed by atoms with Crippen LogP contribution in [0.4, 0.5) is 5.69 Å². The summed E-state index contributed by atoms with van der Waals surface area (Å²) in [6, 6.07) is 8.54. The smallest absolute Gasteiger partial charge is 0.121 e. The Morgan fingerprint density at radius 2 is 2.10 bits per heavy atom. The summed E-state index contributed by atoms with van der Waals surface area (Å²) in [5.41, 5.74) is 2.02. The van der Waals surface area contributed by atoms with Gasteiger partial charge >= 0.3 is 0 Å². The second kappa shape index (κ2) is 7.10. The molecule has 0 atom stereocenters. The lowest BCUT2D eigenvalue weighted by molar-refractivity contribution is 0.415. The highest BCUT2D eigenvalue weighted by molar-refractivity contribution is 5.91. The molecule has 4 heteroatoms. The first-order valence-corrected chi connectivity index (χ1v) is 7.10. The number of fused-ring (bicyclic) bond motifs is 1. The van der Waals surface area contributed by atoms with Crippen LogP contribution in [-0.2, 0) is 0 Å². The SMILES string of the molecule is COc1cc(NCCCNC(C)C)c2ncccc2c1. The molecule has 2 aromatic rings. The van der Waals surface area contributed by atoms with Crippen LogP contribution >= 0.6 is 0 Å². The molecular formula is C16H23N3O. The van der Waals surface area contributed by atoms with Crippen LogP contribution in [0.5, 0.6) is 5.75 Å². The van der Waals surface area contributed by atoms with Crippen molar-refractivity contribution in [1.82, 2.24) is 10.3 Å². The largest absolute Gasteiger partial charge is 0.497 e. The van der Waals surface area contributed by atoms with Crippen molar-refractivity contribution in [2.45, 2.75) is 26.3 Å². The van der Waals surface area contributed by atoms with E-state index in [0.29, 0.717) is 6.04 Å². The lowest BCUT2D eigenvalue weighted by Gasteiger charge is -2.12. The number of ether oxygens (including phenoxy) is 1. The van der Waals surface area contributed by atoms with Crippen LogP contribution in [0.1, 0.15) is 20.3 Å². The Kier molecular flexibility index (Phi) is 5.18. The number of methoxy groups -OCH3 is 1. The van der Waals surface area contributed by atoms with Gasteiger partial charge in [-0.15, -0.1) is 0 Å². The molecule has 20 heavy (non-hydrogen) atoms. The molecule has 1 heterocycles. The third kappa shape index (κ3) is 3.84. The van der Waals surface area contributed by atoms with Gasteiger partial charge in [-0.25, -0.2) is 0 Å². The van der Waals surface area contributed by atoms with Gasteiger partial charge in [0.2, 0.25) is 0 Å². The number of aromatic nitrogens is 1. The van der Waals surface area contributed by atoms with Crippen molar-refractivity contribution in [3.63, 3.8) is 0 Å². The van der Waals surface area contributed by atoms with Crippen LogP contribution in [0.15, 0.2) is 30.5 Å². The highest BCUT2D eigenvalue weighted by atomic mass is 16.5. The Hall–Kier alpha value is -1.81. The van der Waals surface area contributed by atoms with E-state index in [4.69, 9.17) is 4.74 Å². The van der Waals surface area contributed by atoms with Crippen molar-refractivity contribution in [3.05, 3.63) is 30.5 Å². The summed E-state index contributed by atoms with van der Waals surface area (Å²) in [6.07, 6.45) is 2.89. The molecule has 0 amide bonds. The molecule has 0 aliphatic carbocycles. The average Bonchev–Trinajstić information content (AvgIpc) is 2.46. The van der Waals surface area contributed by atoms with Gasteiger partial charge < -0.3 is 15.4 Å². The average molecular weight is 273 g/mol. The maximum atomic E-state index is 5.34. The molecule has 0 aliphatic rings. The minimum atomic E-state index is 0.536. The van der Waals surface area contributed by atoms with Crippen molar-refractivity contribution in [1.29, 1.82) is 0 Å². The Labute approximate surface area is 120 Å². The number of nitrogens with one attached hydrogen (secondary N) is 2. The molecule has 2 N–H and O–H groups in total. The number of pyridine rings is 1. The number of nitrogens with zero attached hydrogens (tertiary/aromatic N) is 1. The second-order valence-corrected chi connectivity index (χ2v) is 5.14. The number of benzene rings is 1. The fourth-order valence-corrected chi connectivity index (χ4v) is 2.12. The Morgan fingerprint density at radius 1 is 1.25 bits per heavy atom. The lowest BCUT2D eigenvalue weighted by atomic mass is 10.1. The topological polar surface area (TPSA) is 46.2 Å². The van der Waals surface area contributed by atoms with Crippen LogP contribution in [-0.4, -0.2) is 31.2 Å². The van der Waals surface area contributed by atoms with E-state index < -0.39 is 0 Å². The van der Waals surface area contributed by atoms with Gasteiger partial charge in [0.05, 0.1) is 18.3 Å². The zero-order chi connectivity index (χ0) is 14.4. The predicted molar refractivity (Wildman–Crippen MR) is 84.5 cm³/mol. The molecule has 0 aliphatic heterocycles. The first-order valence-electron chi connectivity index (χ1n) is 7.10. The van der Waals surface area contributed by atoms with E-state index in [2.05, 4.69) is 35.5 Å². The van der Waals surface area contributed by atoms with E-state index in [-0.39, 0.29) is 0 Å². The maximum absolute atomic E-state index is 5.34. The van der Waals surface area contributed by atoms with Crippen molar-refractivity contribution < 1.29 is 4.74 Å². The van der Waals surface area contributed by atoms with Crippen LogP contribution in [0.25, 0.3) is 10.9 Å². The summed E-state index contributed by atoms with van der Waals surface area (Å²) in [6.45, 7) is 6.25. The van der Waals surface area contributed by atoms with Gasteiger partial charge in [0.25, 0.3) is 0 Å².